The second kappa shape index (κ2) is 6.43. The normalized spacial score (nSPS) is 11.2. The van der Waals surface area contributed by atoms with Crippen LogP contribution in [0, 0.1) is 0 Å². The molecule has 2 heterocycles. The minimum Gasteiger partial charge on any atom is -0.361 e. The zero-order chi connectivity index (χ0) is 19.1. The fraction of sp³-hybridized carbons (Fsp3) is 0.0417. The maximum atomic E-state index is 11.2. The summed E-state index contributed by atoms with van der Waals surface area (Å²) in [6, 6.07) is 22.9. The van der Waals surface area contributed by atoms with Gasteiger partial charge in [0.25, 0.3) is 0 Å². The summed E-state index contributed by atoms with van der Waals surface area (Å²) in [5.41, 5.74) is 7.70. The predicted molar refractivity (Wildman–Crippen MR) is 115 cm³/mol. The van der Waals surface area contributed by atoms with Crippen LogP contribution in [0.3, 0.4) is 0 Å². The SMILES string of the molecule is CC(=O)Nc1ccc(-c2ccc3[nH]cc(-c4ccc5[nH]ccc5c4)c3c2)cc1. The number of aromatic amines is 2. The van der Waals surface area contributed by atoms with E-state index < -0.39 is 0 Å². The van der Waals surface area contributed by atoms with Gasteiger partial charge in [0.1, 0.15) is 0 Å². The zero-order valence-corrected chi connectivity index (χ0v) is 15.4. The van der Waals surface area contributed by atoms with E-state index in [4.69, 9.17) is 0 Å². The van der Waals surface area contributed by atoms with Gasteiger partial charge in [0, 0.05) is 47.0 Å². The Hall–Kier alpha value is -3.79. The number of benzene rings is 3. The molecule has 0 spiro atoms. The van der Waals surface area contributed by atoms with E-state index >= 15 is 0 Å². The molecule has 0 aliphatic rings. The number of anilines is 1. The second-order valence-corrected chi connectivity index (χ2v) is 7.00. The average molecular weight is 365 g/mol. The molecule has 0 bridgehead atoms. The summed E-state index contributed by atoms with van der Waals surface area (Å²) in [5.74, 6) is -0.0643. The highest BCUT2D eigenvalue weighted by Gasteiger charge is 2.09. The van der Waals surface area contributed by atoms with E-state index in [0.29, 0.717) is 0 Å². The molecule has 5 aromatic rings. The van der Waals surface area contributed by atoms with Gasteiger partial charge in [0.05, 0.1) is 0 Å². The van der Waals surface area contributed by atoms with Crippen molar-refractivity contribution in [2.45, 2.75) is 6.92 Å². The van der Waals surface area contributed by atoms with Gasteiger partial charge in [0.2, 0.25) is 5.91 Å². The van der Waals surface area contributed by atoms with E-state index in [1.165, 1.54) is 28.8 Å². The van der Waals surface area contributed by atoms with Crippen molar-refractivity contribution in [2.24, 2.45) is 0 Å². The lowest BCUT2D eigenvalue weighted by atomic mass is 9.99. The number of hydrogen-bond donors (Lipinski definition) is 3. The van der Waals surface area contributed by atoms with Crippen LogP contribution in [-0.2, 0) is 4.79 Å². The first-order valence-electron chi connectivity index (χ1n) is 9.24. The van der Waals surface area contributed by atoms with E-state index in [1.54, 1.807) is 0 Å². The van der Waals surface area contributed by atoms with E-state index in [-0.39, 0.29) is 5.91 Å². The van der Waals surface area contributed by atoms with Crippen LogP contribution in [0.15, 0.2) is 79.1 Å². The van der Waals surface area contributed by atoms with Crippen LogP contribution in [0.4, 0.5) is 5.69 Å². The molecule has 28 heavy (non-hydrogen) atoms. The Labute approximate surface area is 162 Å². The van der Waals surface area contributed by atoms with Gasteiger partial charge in [-0.1, -0.05) is 24.3 Å². The number of rotatable bonds is 3. The van der Waals surface area contributed by atoms with Gasteiger partial charge in [-0.15, -0.1) is 0 Å². The number of carbonyl (C=O) groups is 1. The van der Waals surface area contributed by atoms with E-state index in [0.717, 1.165) is 27.8 Å². The lowest BCUT2D eigenvalue weighted by molar-refractivity contribution is -0.114. The third kappa shape index (κ3) is 2.85. The number of H-pyrrole nitrogens is 2. The average Bonchev–Trinajstić information content (AvgIpc) is 3.33. The Balaban J connectivity index is 1.57. The highest BCUT2D eigenvalue weighted by molar-refractivity contribution is 6.00. The molecule has 136 valence electrons. The van der Waals surface area contributed by atoms with Crippen LogP contribution in [0.5, 0.6) is 0 Å². The summed E-state index contributed by atoms with van der Waals surface area (Å²) < 4.78 is 0. The smallest absolute Gasteiger partial charge is 0.221 e. The molecule has 3 aromatic carbocycles. The molecule has 4 heteroatoms. The van der Waals surface area contributed by atoms with Crippen molar-refractivity contribution in [3.8, 4) is 22.3 Å². The molecular formula is C24H19N3O. The third-order valence-corrected chi connectivity index (χ3v) is 5.08. The standard InChI is InChI=1S/C24H19N3O/c1-15(28)27-20-6-2-16(3-7-20)17-4-9-24-21(13-17)22(14-26-24)18-5-8-23-19(12-18)10-11-25-23/h2-14,25-26H,1H3,(H,27,28). The molecule has 4 nitrogen and oxygen atoms in total. The summed E-state index contributed by atoms with van der Waals surface area (Å²) in [4.78, 5) is 17.8. The molecule has 3 N–H and O–H groups in total. The fourth-order valence-electron chi connectivity index (χ4n) is 3.71. The maximum Gasteiger partial charge on any atom is 0.221 e. The summed E-state index contributed by atoms with van der Waals surface area (Å²) in [6.45, 7) is 1.51. The number of carbonyl (C=O) groups excluding carboxylic acids is 1. The summed E-state index contributed by atoms with van der Waals surface area (Å²) >= 11 is 0. The Bertz CT molecular complexity index is 1310. The van der Waals surface area contributed by atoms with Gasteiger partial charge in [-0.05, 0) is 64.5 Å². The number of hydrogen-bond acceptors (Lipinski definition) is 1. The van der Waals surface area contributed by atoms with Crippen LogP contribution < -0.4 is 5.32 Å². The third-order valence-electron chi connectivity index (χ3n) is 5.08. The minimum atomic E-state index is -0.0643. The van der Waals surface area contributed by atoms with Crippen LogP contribution in [0.1, 0.15) is 6.92 Å². The number of nitrogens with one attached hydrogen (secondary N) is 3. The highest BCUT2D eigenvalue weighted by atomic mass is 16.1. The Morgan fingerprint density at radius 2 is 1.54 bits per heavy atom. The van der Waals surface area contributed by atoms with Crippen molar-refractivity contribution in [3.63, 3.8) is 0 Å². The molecule has 5 rings (SSSR count). The first-order valence-corrected chi connectivity index (χ1v) is 9.24. The van der Waals surface area contributed by atoms with Crippen molar-refractivity contribution in [3.05, 3.63) is 79.1 Å². The molecule has 0 fully saturated rings. The lowest BCUT2D eigenvalue weighted by Crippen LogP contribution is -2.05. The van der Waals surface area contributed by atoms with Gasteiger partial charge >= 0.3 is 0 Å². The molecule has 0 radical (unpaired) electrons. The summed E-state index contributed by atoms with van der Waals surface area (Å²) in [6.07, 6.45) is 4.04. The molecule has 0 aliphatic carbocycles. The van der Waals surface area contributed by atoms with Gasteiger partial charge in [-0.2, -0.15) is 0 Å². The zero-order valence-electron chi connectivity index (χ0n) is 15.4. The largest absolute Gasteiger partial charge is 0.361 e. The second-order valence-electron chi connectivity index (χ2n) is 7.00. The number of fused-ring (bicyclic) bond motifs is 2. The number of amides is 1. The molecule has 0 unspecified atom stereocenters. The van der Waals surface area contributed by atoms with E-state index in [9.17, 15) is 4.79 Å². The topological polar surface area (TPSA) is 60.7 Å². The van der Waals surface area contributed by atoms with Crippen LogP contribution in [0.2, 0.25) is 0 Å². The van der Waals surface area contributed by atoms with Crippen LogP contribution >= 0.6 is 0 Å². The van der Waals surface area contributed by atoms with Gasteiger partial charge in [0.15, 0.2) is 0 Å². The first kappa shape index (κ1) is 16.4. The molecule has 0 saturated carbocycles. The molecule has 0 saturated heterocycles. The van der Waals surface area contributed by atoms with Crippen molar-refractivity contribution < 1.29 is 4.79 Å². The van der Waals surface area contributed by atoms with Crippen molar-refractivity contribution in [2.75, 3.05) is 5.32 Å². The van der Waals surface area contributed by atoms with Crippen LogP contribution in [0.25, 0.3) is 44.1 Å². The van der Waals surface area contributed by atoms with Crippen molar-refractivity contribution >= 4 is 33.4 Å². The molecule has 0 aliphatic heterocycles. The predicted octanol–water partition coefficient (Wildman–Crippen LogP) is 5.94. The summed E-state index contributed by atoms with van der Waals surface area (Å²) in [5, 5.41) is 5.20. The Morgan fingerprint density at radius 3 is 2.36 bits per heavy atom. The van der Waals surface area contributed by atoms with E-state index in [2.05, 4.69) is 63.9 Å². The molecule has 0 atom stereocenters. The van der Waals surface area contributed by atoms with Gasteiger partial charge in [-0.3, -0.25) is 4.79 Å². The van der Waals surface area contributed by atoms with E-state index in [1.807, 2.05) is 30.5 Å². The monoisotopic (exact) mass is 365 g/mol. The van der Waals surface area contributed by atoms with Crippen molar-refractivity contribution in [1.82, 2.24) is 9.97 Å². The van der Waals surface area contributed by atoms with Crippen molar-refractivity contribution in [1.29, 1.82) is 0 Å². The Kier molecular flexibility index (Phi) is 3.76. The van der Waals surface area contributed by atoms with Crippen LogP contribution in [-0.4, -0.2) is 15.9 Å². The highest BCUT2D eigenvalue weighted by Crippen LogP contribution is 2.33. The lowest BCUT2D eigenvalue weighted by Gasteiger charge is -2.06. The van der Waals surface area contributed by atoms with Gasteiger partial charge in [-0.25, -0.2) is 0 Å². The van der Waals surface area contributed by atoms with Gasteiger partial charge < -0.3 is 15.3 Å². The fourth-order valence-corrected chi connectivity index (χ4v) is 3.71. The minimum absolute atomic E-state index is 0.0643. The molecule has 1 amide bonds. The summed E-state index contributed by atoms with van der Waals surface area (Å²) in [7, 11) is 0. The first-order chi connectivity index (χ1) is 13.7. The quantitative estimate of drug-likeness (QED) is 0.364. The number of aromatic nitrogens is 2. The molecular weight excluding hydrogens is 346 g/mol. The molecule has 2 aromatic heterocycles. The maximum absolute atomic E-state index is 11.2. The Morgan fingerprint density at radius 1 is 0.786 bits per heavy atom.